The highest BCUT2D eigenvalue weighted by Gasteiger charge is 2.10. The van der Waals surface area contributed by atoms with Crippen LogP contribution < -0.4 is 5.32 Å². The number of nitrogens with one attached hydrogen (secondary N) is 1. The number of aryl methyl sites for hydroxylation is 1. The zero-order chi connectivity index (χ0) is 19.1. The van der Waals surface area contributed by atoms with Crippen LogP contribution in [-0.2, 0) is 4.79 Å². The minimum atomic E-state index is -0.274. The Balaban J connectivity index is 1.50. The molecule has 0 aliphatic carbocycles. The molecule has 0 unspecified atom stereocenters. The molecule has 0 aliphatic heterocycles. The van der Waals surface area contributed by atoms with E-state index in [0.29, 0.717) is 15.0 Å². The summed E-state index contributed by atoms with van der Waals surface area (Å²) in [5.74, 6) is 0.0333. The number of hydrogen-bond acceptors (Lipinski definition) is 6. The molecule has 136 valence electrons. The van der Waals surface area contributed by atoms with Crippen LogP contribution in [-0.4, -0.2) is 27.6 Å². The lowest BCUT2D eigenvalue weighted by molar-refractivity contribution is -0.111. The maximum atomic E-state index is 12.1. The number of benzene rings is 2. The minimum Gasteiger partial charge on any atom is -0.297 e. The van der Waals surface area contributed by atoms with Crippen LogP contribution in [0.3, 0.4) is 0 Å². The van der Waals surface area contributed by atoms with Gasteiger partial charge in [-0.25, -0.2) is 0 Å². The fourth-order valence-corrected chi connectivity index (χ4v) is 3.80. The van der Waals surface area contributed by atoms with Crippen LogP contribution in [0.15, 0.2) is 65.0 Å². The van der Waals surface area contributed by atoms with Crippen LogP contribution in [0.2, 0.25) is 0 Å². The topological polar surface area (TPSA) is 72.0 Å². The van der Waals surface area contributed by atoms with Gasteiger partial charge in [-0.1, -0.05) is 83.3 Å². The van der Waals surface area contributed by atoms with E-state index in [9.17, 15) is 9.59 Å². The monoisotopic (exact) mass is 395 g/mol. The van der Waals surface area contributed by atoms with E-state index in [4.69, 9.17) is 0 Å². The van der Waals surface area contributed by atoms with Gasteiger partial charge >= 0.3 is 0 Å². The first-order valence-electron chi connectivity index (χ1n) is 8.20. The summed E-state index contributed by atoms with van der Waals surface area (Å²) in [5, 5.41) is 11.0. The normalized spacial score (nSPS) is 10.9. The van der Waals surface area contributed by atoms with Crippen molar-refractivity contribution >= 4 is 46.0 Å². The van der Waals surface area contributed by atoms with Crippen LogP contribution in [0.1, 0.15) is 21.5 Å². The molecule has 3 aromatic rings. The molecule has 1 aromatic heterocycles. The molecule has 0 atom stereocenters. The average Bonchev–Trinajstić information content (AvgIpc) is 3.13. The highest BCUT2D eigenvalue weighted by atomic mass is 32.2. The third-order valence-corrected chi connectivity index (χ3v) is 5.54. The molecule has 7 heteroatoms. The average molecular weight is 396 g/mol. The summed E-state index contributed by atoms with van der Waals surface area (Å²) in [4.78, 5) is 24.1. The lowest BCUT2D eigenvalue weighted by Crippen LogP contribution is -2.07. The van der Waals surface area contributed by atoms with Crippen LogP contribution in [0.25, 0.3) is 6.08 Å². The van der Waals surface area contributed by atoms with Crippen molar-refractivity contribution in [3.05, 3.63) is 77.4 Å². The Morgan fingerprint density at radius 1 is 1.07 bits per heavy atom. The van der Waals surface area contributed by atoms with Gasteiger partial charge in [-0.05, 0) is 18.6 Å². The van der Waals surface area contributed by atoms with E-state index in [-0.39, 0.29) is 17.4 Å². The van der Waals surface area contributed by atoms with Crippen molar-refractivity contribution < 1.29 is 9.59 Å². The van der Waals surface area contributed by atoms with E-state index >= 15 is 0 Å². The number of aromatic nitrogens is 2. The summed E-state index contributed by atoms with van der Waals surface area (Å²) in [6, 6.07) is 17.0. The van der Waals surface area contributed by atoms with Gasteiger partial charge in [0.2, 0.25) is 11.0 Å². The standard InChI is InChI=1S/C20H17N3O2S2/c1-14-7-9-15(10-8-14)11-12-18(25)21-19-22-23-20(27-19)26-13-17(24)16-5-3-2-4-6-16/h2-12H,13H2,1H3,(H,21,22,25)/b12-11+. The number of amides is 1. The van der Waals surface area contributed by atoms with Crippen molar-refractivity contribution in [3.8, 4) is 0 Å². The number of carbonyl (C=O) groups is 2. The van der Waals surface area contributed by atoms with Crippen molar-refractivity contribution in [2.45, 2.75) is 11.3 Å². The molecule has 2 aromatic carbocycles. The van der Waals surface area contributed by atoms with Crippen molar-refractivity contribution in [1.29, 1.82) is 0 Å². The van der Waals surface area contributed by atoms with Crippen molar-refractivity contribution in [2.75, 3.05) is 11.1 Å². The second kappa shape index (κ2) is 9.25. The molecule has 3 rings (SSSR count). The lowest BCUT2D eigenvalue weighted by atomic mass is 10.1. The first-order valence-corrected chi connectivity index (χ1v) is 10.0. The van der Waals surface area contributed by atoms with Crippen LogP contribution in [0, 0.1) is 6.92 Å². The molecular formula is C20H17N3O2S2. The number of thioether (sulfide) groups is 1. The number of nitrogens with zero attached hydrogens (tertiary/aromatic N) is 2. The third-order valence-electron chi connectivity index (χ3n) is 3.56. The van der Waals surface area contributed by atoms with E-state index in [0.717, 1.165) is 5.56 Å². The van der Waals surface area contributed by atoms with Gasteiger partial charge in [0.1, 0.15) is 0 Å². The van der Waals surface area contributed by atoms with Crippen molar-refractivity contribution in [2.24, 2.45) is 0 Å². The number of ketones is 1. The van der Waals surface area contributed by atoms with Gasteiger partial charge in [0.15, 0.2) is 10.1 Å². The Bertz CT molecular complexity index is 951. The summed E-state index contributed by atoms with van der Waals surface area (Å²) in [7, 11) is 0. The number of hydrogen-bond donors (Lipinski definition) is 1. The van der Waals surface area contributed by atoms with E-state index in [2.05, 4.69) is 15.5 Å². The minimum absolute atomic E-state index is 0.0300. The van der Waals surface area contributed by atoms with Crippen LogP contribution in [0.5, 0.6) is 0 Å². The lowest BCUT2D eigenvalue weighted by Gasteiger charge is -1.98. The van der Waals surface area contributed by atoms with Gasteiger partial charge in [0.05, 0.1) is 5.75 Å². The zero-order valence-electron chi connectivity index (χ0n) is 14.6. The Morgan fingerprint density at radius 2 is 1.81 bits per heavy atom. The molecule has 1 heterocycles. The predicted octanol–water partition coefficient (Wildman–Crippen LogP) is 4.47. The SMILES string of the molecule is Cc1ccc(/C=C/C(=O)Nc2nnc(SCC(=O)c3ccccc3)s2)cc1. The Morgan fingerprint density at radius 3 is 2.56 bits per heavy atom. The molecule has 5 nitrogen and oxygen atoms in total. The van der Waals surface area contributed by atoms with E-state index in [1.54, 1.807) is 18.2 Å². The first-order chi connectivity index (χ1) is 13.1. The Hall–Kier alpha value is -2.77. The van der Waals surface area contributed by atoms with Gasteiger partial charge in [0.25, 0.3) is 0 Å². The smallest absolute Gasteiger partial charge is 0.250 e. The molecule has 0 radical (unpaired) electrons. The van der Waals surface area contributed by atoms with Gasteiger partial charge in [-0.3, -0.25) is 14.9 Å². The number of anilines is 1. The molecule has 0 fully saturated rings. The summed E-state index contributed by atoms with van der Waals surface area (Å²) < 4.78 is 0.636. The van der Waals surface area contributed by atoms with E-state index in [1.807, 2.05) is 49.4 Å². The Labute approximate surface area is 165 Å². The maximum Gasteiger partial charge on any atom is 0.250 e. The molecular weight excluding hydrogens is 378 g/mol. The first kappa shape index (κ1) is 19.0. The molecule has 0 spiro atoms. The predicted molar refractivity (Wildman–Crippen MR) is 110 cm³/mol. The number of rotatable bonds is 7. The Kier molecular flexibility index (Phi) is 6.51. The molecule has 27 heavy (non-hydrogen) atoms. The summed E-state index contributed by atoms with van der Waals surface area (Å²) >= 11 is 2.55. The highest BCUT2D eigenvalue weighted by Crippen LogP contribution is 2.26. The quantitative estimate of drug-likeness (QED) is 0.276. The molecule has 1 amide bonds. The molecule has 0 saturated heterocycles. The van der Waals surface area contributed by atoms with Gasteiger partial charge < -0.3 is 0 Å². The highest BCUT2D eigenvalue weighted by molar-refractivity contribution is 8.01. The molecule has 0 saturated carbocycles. The van der Waals surface area contributed by atoms with Crippen molar-refractivity contribution in [1.82, 2.24) is 10.2 Å². The van der Waals surface area contributed by atoms with E-state index < -0.39 is 0 Å². The second-order valence-electron chi connectivity index (χ2n) is 5.68. The largest absolute Gasteiger partial charge is 0.297 e. The van der Waals surface area contributed by atoms with E-state index in [1.165, 1.54) is 34.7 Å². The third kappa shape index (κ3) is 5.87. The maximum absolute atomic E-state index is 12.1. The summed E-state index contributed by atoms with van der Waals surface area (Å²) in [5.41, 5.74) is 2.79. The zero-order valence-corrected chi connectivity index (χ0v) is 16.2. The fraction of sp³-hybridized carbons (Fsp3) is 0.100. The van der Waals surface area contributed by atoms with Gasteiger partial charge in [0, 0.05) is 11.6 Å². The van der Waals surface area contributed by atoms with Crippen LogP contribution in [0.4, 0.5) is 5.13 Å². The van der Waals surface area contributed by atoms with Crippen LogP contribution >= 0.6 is 23.1 Å². The molecule has 0 aliphatic rings. The summed E-state index contributed by atoms with van der Waals surface area (Å²) in [6.45, 7) is 2.01. The fourth-order valence-electron chi connectivity index (χ4n) is 2.15. The molecule has 0 bridgehead atoms. The molecule has 1 N–H and O–H groups in total. The van der Waals surface area contributed by atoms with Gasteiger partial charge in [-0.2, -0.15) is 0 Å². The number of Topliss-reactive ketones (excluding diaryl/α,β-unsaturated/α-hetero) is 1. The summed E-state index contributed by atoms with van der Waals surface area (Å²) in [6.07, 6.45) is 3.20. The van der Waals surface area contributed by atoms with Crippen molar-refractivity contribution in [3.63, 3.8) is 0 Å². The second-order valence-corrected chi connectivity index (χ2v) is 7.88. The number of carbonyl (C=O) groups excluding carboxylic acids is 2. The van der Waals surface area contributed by atoms with Gasteiger partial charge in [-0.15, -0.1) is 10.2 Å².